The number of carbonyl (C=O) groups is 2. The number of aromatic nitrogens is 3. The maximum atomic E-state index is 13.4. The van der Waals surface area contributed by atoms with Crippen molar-refractivity contribution < 1.29 is 32.2 Å². The van der Waals surface area contributed by atoms with Gasteiger partial charge < -0.3 is 30.7 Å². The van der Waals surface area contributed by atoms with Crippen LogP contribution in [-0.2, 0) is 22.3 Å². The zero-order chi connectivity index (χ0) is 28.9. The normalized spacial score (nSPS) is 16.8. The highest BCUT2D eigenvalue weighted by molar-refractivity contribution is 6.31. The van der Waals surface area contributed by atoms with Crippen molar-refractivity contribution in [2.45, 2.75) is 24.7 Å². The van der Waals surface area contributed by atoms with E-state index in [9.17, 15) is 22.8 Å². The van der Waals surface area contributed by atoms with Crippen LogP contribution in [0.3, 0.4) is 0 Å². The highest BCUT2D eigenvalue weighted by atomic mass is 35.5. The van der Waals surface area contributed by atoms with E-state index < -0.39 is 29.3 Å². The summed E-state index contributed by atoms with van der Waals surface area (Å²) in [7, 11) is 1.63. The van der Waals surface area contributed by atoms with Crippen molar-refractivity contribution in [3.63, 3.8) is 0 Å². The summed E-state index contributed by atoms with van der Waals surface area (Å²) < 4.78 is 50.7. The van der Waals surface area contributed by atoms with Gasteiger partial charge in [0.2, 0.25) is 11.9 Å². The fourth-order valence-corrected chi connectivity index (χ4v) is 4.14. The van der Waals surface area contributed by atoms with E-state index >= 15 is 0 Å². The van der Waals surface area contributed by atoms with Gasteiger partial charge in [0.15, 0.2) is 5.75 Å². The van der Waals surface area contributed by atoms with E-state index in [4.69, 9.17) is 32.7 Å². The lowest BCUT2D eigenvalue weighted by Crippen LogP contribution is -2.59. The fourth-order valence-electron chi connectivity index (χ4n) is 3.74. The summed E-state index contributed by atoms with van der Waals surface area (Å²) in [4.78, 5) is 37.6. The lowest BCUT2D eigenvalue weighted by atomic mass is 9.97. The van der Waals surface area contributed by atoms with Gasteiger partial charge in [-0.25, -0.2) is 14.8 Å². The van der Waals surface area contributed by atoms with Gasteiger partial charge in [0, 0.05) is 25.1 Å². The lowest BCUT2D eigenvalue weighted by Gasteiger charge is -2.27. The maximum Gasteiger partial charge on any atom is 0.418 e. The van der Waals surface area contributed by atoms with Crippen LogP contribution in [-0.4, -0.2) is 52.8 Å². The Labute approximate surface area is 235 Å². The Hall–Kier alpha value is -3.88. The molecule has 2 amide bonds. The number of anilines is 3. The minimum absolute atomic E-state index is 0.0643. The van der Waals surface area contributed by atoms with E-state index in [1.54, 1.807) is 7.05 Å². The molecular formula is C24H22Cl2F3N7O4. The van der Waals surface area contributed by atoms with E-state index in [-0.39, 0.29) is 59.0 Å². The molecule has 11 nitrogen and oxygen atoms in total. The summed E-state index contributed by atoms with van der Waals surface area (Å²) in [6, 6.07) is 4.69. The highest BCUT2D eigenvalue weighted by Crippen LogP contribution is 2.38. The lowest BCUT2D eigenvalue weighted by molar-refractivity contribution is -0.137. The predicted molar refractivity (Wildman–Crippen MR) is 140 cm³/mol. The smallest absolute Gasteiger partial charge is 0.407 e. The number of ether oxygens (including phenoxy) is 2. The minimum Gasteiger partial charge on any atom is -0.407 e. The average Bonchev–Trinajstić information content (AvgIpc) is 3.38. The van der Waals surface area contributed by atoms with Crippen LogP contribution >= 0.6 is 23.2 Å². The van der Waals surface area contributed by atoms with Crippen LogP contribution in [0.25, 0.3) is 0 Å². The molecule has 1 saturated heterocycles. The molecule has 212 valence electrons. The van der Waals surface area contributed by atoms with E-state index in [1.165, 1.54) is 36.8 Å². The van der Waals surface area contributed by atoms with Gasteiger partial charge in [-0.05, 0) is 24.3 Å². The summed E-state index contributed by atoms with van der Waals surface area (Å²) >= 11 is 12.0. The maximum absolute atomic E-state index is 13.4. The van der Waals surface area contributed by atoms with Gasteiger partial charge in [-0.3, -0.25) is 9.78 Å². The summed E-state index contributed by atoms with van der Waals surface area (Å²) in [5.74, 6) is -0.170. The van der Waals surface area contributed by atoms with E-state index in [0.29, 0.717) is 5.95 Å². The van der Waals surface area contributed by atoms with Crippen molar-refractivity contribution >= 4 is 52.5 Å². The topological polar surface area (TPSA) is 139 Å². The molecule has 1 aromatic carbocycles. The van der Waals surface area contributed by atoms with Crippen molar-refractivity contribution in [3.05, 3.63) is 64.2 Å². The molecule has 3 aromatic rings. The monoisotopic (exact) mass is 599 g/mol. The molecule has 0 saturated carbocycles. The van der Waals surface area contributed by atoms with Crippen LogP contribution in [0, 0.1) is 0 Å². The summed E-state index contributed by atoms with van der Waals surface area (Å²) in [5.41, 5.74) is -2.18. The first kappa shape index (κ1) is 29.1. The number of halogens is 5. The Bertz CT molecular complexity index is 1390. The Morgan fingerprint density at radius 2 is 1.88 bits per heavy atom. The van der Waals surface area contributed by atoms with Crippen LogP contribution in [0.5, 0.6) is 5.75 Å². The molecule has 4 N–H and O–H groups in total. The Kier molecular flexibility index (Phi) is 8.81. The first-order chi connectivity index (χ1) is 19.0. The van der Waals surface area contributed by atoms with E-state index in [2.05, 4.69) is 36.2 Å². The third-order valence-corrected chi connectivity index (χ3v) is 6.32. The zero-order valence-corrected chi connectivity index (χ0v) is 22.2. The molecule has 1 fully saturated rings. The molecule has 2 aromatic heterocycles. The SMILES string of the molecule is CNc1ncc(OC(=O)N[C@@]2(C(=O)NCc3ncc(Nc4ccc(Cl)cc4C(F)(F)F)cc3Cl)CCOC2)cn1. The number of rotatable bonds is 8. The Balaban J connectivity index is 1.40. The van der Waals surface area contributed by atoms with E-state index in [0.717, 1.165) is 6.07 Å². The summed E-state index contributed by atoms with van der Waals surface area (Å²) in [6.45, 7) is -0.0159. The third kappa shape index (κ3) is 7.00. The molecule has 1 atom stereocenters. The fraction of sp³-hybridized carbons (Fsp3) is 0.292. The van der Waals surface area contributed by atoms with Crippen molar-refractivity contribution in [2.24, 2.45) is 0 Å². The zero-order valence-electron chi connectivity index (χ0n) is 20.7. The van der Waals surface area contributed by atoms with Crippen LogP contribution in [0.15, 0.2) is 42.9 Å². The molecule has 16 heteroatoms. The molecule has 1 aliphatic heterocycles. The highest BCUT2D eigenvalue weighted by Gasteiger charge is 2.44. The molecular weight excluding hydrogens is 578 g/mol. The van der Waals surface area contributed by atoms with Crippen LogP contribution in [0.4, 0.5) is 35.3 Å². The third-order valence-electron chi connectivity index (χ3n) is 5.76. The largest absolute Gasteiger partial charge is 0.418 e. The molecule has 1 aliphatic rings. The number of hydrogen-bond donors (Lipinski definition) is 4. The van der Waals surface area contributed by atoms with Crippen LogP contribution in [0.1, 0.15) is 17.7 Å². The molecule has 0 bridgehead atoms. The van der Waals surface area contributed by atoms with E-state index in [1.807, 2.05) is 0 Å². The van der Waals surface area contributed by atoms with Crippen molar-refractivity contribution in [2.75, 3.05) is 30.9 Å². The molecule has 0 spiro atoms. The molecule has 0 radical (unpaired) electrons. The van der Waals surface area contributed by atoms with Gasteiger partial charge in [-0.1, -0.05) is 23.2 Å². The van der Waals surface area contributed by atoms with Crippen molar-refractivity contribution in [3.8, 4) is 5.75 Å². The van der Waals surface area contributed by atoms with Crippen LogP contribution < -0.4 is 26.0 Å². The Morgan fingerprint density at radius 1 is 1.12 bits per heavy atom. The second-order valence-electron chi connectivity index (χ2n) is 8.54. The quantitative estimate of drug-likeness (QED) is 0.293. The van der Waals surface area contributed by atoms with Gasteiger partial charge in [0.25, 0.3) is 0 Å². The number of hydrogen-bond acceptors (Lipinski definition) is 9. The first-order valence-electron chi connectivity index (χ1n) is 11.6. The second kappa shape index (κ2) is 12.1. The number of nitrogens with zero attached hydrogens (tertiary/aromatic N) is 3. The molecule has 0 unspecified atom stereocenters. The van der Waals surface area contributed by atoms with Gasteiger partial charge in [-0.15, -0.1) is 0 Å². The number of pyridine rings is 1. The van der Waals surface area contributed by atoms with Crippen molar-refractivity contribution in [1.29, 1.82) is 0 Å². The minimum atomic E-state index is -4.64. The average molecular weight is 600 g/mol. The number of nitrogens with one attached hydrogen (secondary N) is 4. The molecule has 40 heavy (non-hydrogen) atoms. The van der Waals surface area contributed by atoms with Gasteiger partial charge >= 0.3 is 12.3 Å². The number of benzene rings is 1. The van der Waals surface area contributed by atoms with Crippen molar-refractivity contribution in [1.82, 2.24) is 25.6 Å². The molecule has 3 heterocycles. The van der Waals surface area contributed by atoms with Gasteiger partial charge in [0.05, 0.1) is 59.4 Å². The van der Waals surface area contributed by atoms with Crippen LogP contribution in [0.2, 0.25) is 10.0 Å². The summed E-state index contributed by atoms with van der Waals surface area (Å²) in [5, 5.41) is 10.6. The van der Waals surface area contributed by atoms with Gasteiger partial charge in [-0.2, -0.15) is 13.2 Å². The van der Waals surface area contributed by atoms with Gasteiger partial charge in [0.1, 0.15) is 5.54 Å². The predicted octanol–water partition coefficient (Wildman–Crippen LogP) is 4.55. The first-order valence-corrected chi connectivity index (χ1v) is 12.4. The Morgan fingerprint density at radius 3 is 2.50 bits per heavy atom. The second-order valence-corrected chi connectivity index (χ2v) is 9.38. The molecule has 0 aliphatic carbocycles. The number of carbonyl (C=O) groups excluding carboxylic acids is 2. The molecule has 4 rings (SSSR count). The number of alkyl halides is 3. The summed E-state index contributed by atoms with van der Waals surface area (Å²) in [6.07, 6.45) is -1.52. The number of amides is 2. The standard InChI is InChI=1S/C24H22Cl2F3N7O4/c1-30-21-33-9-15(10-34-21)40-22(38)36-23(4-5-39-12-23)20(37)32-11-19-17(26)7-14(8-31-19)35-18-3-2-13(25)6-16(18)24(27,28)29/h2-3,6-10,35H,4-5,11-12H2,1H3,(H,32,37)(H,36,38)(H,30,33,34)/t23-/m0/s1.